The molecule has 0 fully saturated rings. The summed E-state index contributed by atoms with van der Waals surface area (Å²) in [5.41, 5.74) is 8.76. The van der Waals surface area contributed by atoms with E-state index in [4.69, 9.17) is 10.5 Å². The first kappa shape index (κ1) is 15.0. The van der Waals surface area contributed by atoms with Crippen LogP contribution < -0.4 is 5.73 Å². The number of rotatable bonds is 5. The van der Waals surface area contributed by atoms with Crippen molar-refractivity contribution in [2.45, 2.75) is 34.0 Å². The molecule has 0 aliphatic carbocycles. The highest BCUT2D eigenvalue weighted by atomic mass is 16.5. The average Bonchev–Trinajstić information content (AvgIpc) is 2.91. The molecule has 1 aliphatic rings. The lowest BCUT2D eigenvalue weighted by Crippen LogP contribution is -2.42. The molecule has 0 bridgehead atoms. The molecule has 0 unspecified atom stereocenters. The molecule has 1 aromatic rings. The molecule has 1 aromatic carbocycles. The summed E-state index contributed by atoms with van der Waals surface area (Å²) < 4.78 is 5.39. The zero-order valence-corrected chi connectivity index (χ0v) is 12.6. The third-order valence-electron chi connectivity index (χ3n) is 3.81. The second kappa shape index (κ2) is 5.94. The van der Waals surface area contributed by atoms with E-state index in [0.717, 1.165) is 11.1 Å². The standard InChI is InChI=1S/C16H24N2O2/c1-4-18(11-16(2,3)10-17)15(19)12-5-6-13-8-20-9-14(13)7-12/h5-7H,4,8-11,17H2,1-3H3. The molecule has 1 aliphatic heterocycles. The van der Waals surface area contributed by atoms with Crippen molar-refractivity contribution in [3.8, 4) is 0 Å². The number of nitrogens with two attached hydrogens (primary N) is 1. The fourth-order valence-electron chi connectivity index (χ4n) is 2.40. The van der Waals surface area contributed by atoms with E-state index in [9.17, 15) is 4.79 Å². The van der Waals surface area contributed by atoms with E-state index in [1.54, 1.807) is 0 Å². The minimum Gasteiger partial charge on any atom is -0.372 e. The van der Waals surface area contributed by atoms with Gasteiger partial charge >= 0.3 is 0 Å². The Bertz CT molecular complexity index is 497. The van der Waals surface area contributed by atoms with E-state index in [1.807, 2.05) is 30.0 Å². The zero-order chi connectivity index (χ0) is 14.8. The molecule has 0 saturated carbocycles. The van der Waals surface area contributed by atoms with Gasteiger partial charge in [0.15, 0.2) is 0 Å². The maximum atomic E-state index is 12.6. The summed E-state index contributed by atoms with van der Waals surface area (Å²) in [5, 5.41) is 0. The summed E-state index contributed by atoms with van der Waals surface area (Å²) in [6.45, 7) is 9.36. The van der Waals surface area contributed by atoms with Crippen LogP contribution in [-0.2, 0) is 18.0 Å². The third kappa shape index (κ3) is 3.19. The summed E-state index contributed by atoms with van der Waals surface area (Å²) in [6.07, 6.45) is 0. The Balaban J connectivity index is 2.16. The van der Waals surface area contributed by atoms with Crippen LogP contribution in [0.2, 0.25) is 0 Å². The van der Waals surface area contributed by atoms with Crippen LogP contribution in [0.3, 0.4) is 0 Å². The van der Waals surface area contributed by atoms with Gasteiger partial charge in [-0.25, -0.2) is 0 Å². The maximum Gasteiger partial charge on any atom is 0.253 e. The Hall–Kier alpha value is -1.39. The summed E-state index contributed by atoms with van der Waals surface area (Å²) in [7, 11) is 0. The lowest BCUT2D eigenvalue weighted by Gasteiger charge is -2.31. The molecule has 0 atom stereocenters. The van der Waals surface area contributed by atoms with Crippen LogP contribution in [0.15, 0.2) is 18.2 Å². The number of benzene rings is 1. The van der Waals surface area contributed by atoms with Crippen molar-refractivity contribution in [3.05, 3.63) is 34.9 Å². The molecule has 1 heterocycles. The molecule has 4 nitrogen and oxygen atoms in total. The van der Waals surface area contributed by atoms with E-state index in [1.165, 1.54) is 5.56 Å². The lowest BCUT2D eigenvalue weighted by atomic mass is 9.92. The van der Waals surface area contributed by atoms with Crippen molar-refractivity contribution < 1.29 is 9.53 Å². The molecular formula is C16H24N2O2. The zero-order valence-electron chi connectivity index (χ0n) is 12.6. The van der Waals surface area contributed by atoms with Gasteiger partial charge in [0.2, 0.25) is 0 Å². The van der Waals surface area contributed by atoms with Gasteiger partial charge in [0.25, 0.3) is 5.91 Å². The monoisotopic (exact) mass is 276 g/mol. The number of nitrogens with zero attached hydrogens (tertiary/aromatic N) is 1. The van der Waals surface area contributed by atoms with Crippen molar-refractivity contribution in [2.75, 3.05) is 19.6 Å². The molecule has 0 aromatic heterocycles. The van der Waals surface area contributed by atoms with Gasteiger partial charge in [-0.3, -0.25) is 4.79 Å². The fourth-order valence-corrected chi connectivity index (χ4v) is 2.40. The van der Waals surface area contributed by atoms with Gasteiger partial charge < -0.3 is 15.4 Å². The van der Waals surface area contributed by atoms with Gasteiger partial charge in [-0.05, 0) is 42.1 Å². The maximum absolute atomic E-state index is 12.6. The van der Waals surface area contributed by atoms with E-state index in [0.29, 0.717) is 32.8 Å². The molecule has 2 rings (SSSR count). The van der Waals surface area contributed by atoms with Crippen LogP contribution in [0.25, 0.3) is 0 Å². The number of carbonyl (C=O) groups is 1. The first-order chi connectivity index (χ1) is 9.46. The van der Waals surface area contributed by atoms with Crippen molar-refractivity contribution in [1.82, 2.24) is 4.90 Å². The van der Waals surface area contributed by atoms with E-state index < -0.39 is 0 Å². The molecule has 110 valence electrons. The Labute approximate surface area is 120 Å². The summed E-state index contributed by atoms with van der Waals surface area (Å²) >= 11 is 0. The number of ether oxygens (including phenoxy) is 1. The first-order valence-corrected chi connectivity index (χ1v) is 7.16. The van der Waals surface area contributed by atoms with Crippen LogP contribution >= 0.6 is 0 Å². The molecule has 0 radical (unpaired) electrons. The van der Waals surface area contributed by atoms with Crippen molar-refractivity contribution >= 4 is 5.91 Å². The molecule has 0 saturated heterocycles. The smallest absolute Gasteiger partial charge is 0.253 e. The van der Waals surface area contributed by atoms with Crippen LogP contribution in [0.5, 0.6) is 0 Å². The van der Waals surface area contributed by atoms with Crippen molar-refractivity contribution in [1.29, 1.82) is 0 Å². The molecule has 2 N–H and O–H groups in total. The summed E-state index contributed by atoms with van der Waals surface area (Å²) in [4.78, 5) is 14.5. The summed E-state index contributed by atoms with van der Waals surface area (Å²) in [5.74, 6) is 0.0729. The van der Waals surface area contributed by atoms with Gasteiger partial charge in [-0.2, -0.15) is 0 Å². The Morgan fingerprint density at radius 3 is 2.70 bits per heavy atom. The molecule has 4 heteroatoms. The van der Waals surface area contributed by atoms with E-state index in [2.05, 4.69) is 13.8 Å². The number of carbonyl (C=O) groups excluding carboxylic acids is 1. The summed E-state index contributed by atoms with van der Waals surface area (Å²) in [6, 6.07) is 5.86. The average molecular weight is 276 g/mol. The van der Waals surface area contributed by atoms with Gasteiger partial charge in [0, 0.05) is 18.7 Å². The van der Waals surface area contributed by atoms with Gasteiger partial charge in [-0.1, -0.05) is 19.9 Å². The van der Waals surface area contributed by atoms with Gasteiger partial charge in [-0.15, -0.1) is 0 Å². The predicted octanol–water partition coefficient (Wildman–Crippen LogP) is 2.16. The van der Waals surface area contributed by atoms with Crippen molar-refractivity contribution in [3.63, 3.8) is 0 Å². The van der Waals surface area contributed by atoms with Crippen LogP contribution in [0, 0.1) is 5.41 Å². The molecular weight excluding hydrogens is 252 g/mol. The second-order valence-electron chi connectivity index (χ2n) is 6.16. The Morgan fingerprint density at radius 1 is 1.35 bits per heavy atom. The van der Waals surface area contributed by atoms with Crippen LogP contribution in [0.1, 0.15) is 42.3 Å². The fraction of sp³-hybridized carbons (Fsp3) is 0.562. The molecule has 20 heavy (non-hydrogen) atoms. The predicted molar refractivity (Wildman–Crippen MR) is 79.3 cm³/mol. The van der Waals surface area contributed by atoms with Crippen LogP contribution in [0.4, 0.5) is 0 Å². The minimum atomic E-state index is -0.0640. The first-order valence-electron chi connectivity index (χ1n) is 7.16. The third-order valence-corrected chi connectivity index (χ3v) is 3.81. The second-order valence-corrected chi connectivity index (χ2v) is 6.16. The topological polar surface area (TPSA) is 55.6 Å². The SMILES string of the molecule is CCN(CC(C)(C)CN)C(=O)c1ccc2c(c1)COC2. The highest BCUT2D eigenvalue weighted by Crippen LogP contribution is 2.22. The Morgan fingerprint density at radius 2 is 2.05 bits per heavy atom. The quantitative estimate of drug-likeness (QED) is 0.896. The number of hydrogen-bond acceptors (Lipinski definition) is 3. The van der Waals surface area contributed by atoms with Crippen molar-refractivity contribution in [2.24, 2.45) is 11.1 Å². The highest BCUT2D eigenvalue weighted by molar-refractivity contribution is 5.94. The van der Waals surface area contributed by atoms with Crippen LogP contribution in [-0.4, -0.2) is 30.4 Å². The molecule has 1 amide bonds. The van der Waals surface area contributed by atoms with E-state index in [-0.39, 0.29) is 11.3 Å². The number of hydrogen-bond donors (Lipinski definition) is 1. The Kier molecular flexibility index (Phi) is 4.45. The lowest BCUT2D eigenvalue weighted by molar-refractivity contribution is 0.0700. The minimum absolute atomic E-state index is 0.0640. The van der Waals surface area contributed by atoms with Gasteiger partial charge in [0.1, 0.15) is 0 Å². The number of fused-ring (bicyclic) bond motifs is 1. The normalized spacial score (nSPS) is 14.2. The molecule has 0 spiro atoms. The largest absolute Gasteiger partial charge is 0.372 e. The highest BCUT2D eigenvalue weighted by Gasteiger charge is 2.24. The van der Waals surface area contributed by atoms with E-state index >= 15 is 0 Å². The number of amides is 1. The van der Waals surface area contributed by atoms with Gasteiger partial charge in [0.05, 0.1) is 13.2 Å².